The summed E-state index contributed by atoms with van der Waals surface area (Å²) in [6, 6.07) is 12.4. The summed E-state index contributed by atoms with van der Waals surface area (Å²) in [6.07, 6.45) is 0.250. The number of nitrogens with one attached hydrogen (secondary N) is 1. The molecular weight excluding hydrogens is 677 g/mol. The zero-order valence-electron chi connectivity index (χ0n) is 26.5. The fourth-order valence-corrected chi connectivity index (χ4v) is 6.57. The van der Waals surface area contributed by atoms with E-state index in [1.54, 1.807) is 25.1 Å². The molecule has 3 aromatic rings. The lowest BCUT2D eigenvalue weighted by atomic mass is 10.1. The molecule has 0 bridgehead atoms. The molecule has 0 heterocycles. The van der Waals surface area contributed by atoms with Crippen LogP contribution in [-0.4, -0.2) is 65.6 Å². The van der Waals surface area contributed by atoms with Crippen LogP contribution in [0.15, 0.2) is 59.5 Å². The second kappa shape index (κ2) is 16.4. The van der Waals surface area contributed by atoms with Gasteiger partial charge >= 0.3 is 0 Å². The Morgan fingerprint density at radius 2 is 1.50 bits per heavy atom. The van der Waals surface area contributed by atoms with Crippen LogP contribution in [0.5, 0.6) is 17.2 Å². The molecule has 0 aliphatic carbocycles. The van der Waals surface area contributed by atoms with E-state index >= 15 is 0 Å². The lowest BCUT2D eigenvalue weighted by Crippen LogP contribution is -2.52. The van der Waals surface area contributed by atoms with Gasteiger partial charge in [-0.15, -0.1) is 0 Å². The maximum Gasteiger partial charge on any atom is 0.265 e. The number of methoxy groups -OCH3 is 3. The second-order valence-electron chi connectivity index (χ2n) is 10.7. The van der Waals surface area contributed by atoms with Gasteiger partial charge in [-0.25, -0.2) is 8.42 Å². The van der Waals surface area contributed by atoms with E-state index in [1.807, 2.05) is 13.8 Å². The molecule has 1 unspecified atom stereocenters. The summed E-state index contributed by atoms with van der Waals surface area (Å²) in [6.45, 7) is 5.31. The number of hydrogen-bond donors (Lipinski definition) is 1. The fraction of sp³-hybridized carbons (Fsp3) is 0.375. The van der Waals surface area contributed by atoms with Crippen LogP contribution in [0.4, 0.5) is 5.69 Å². The first-order valence-electron chi connectivity index (χ1n) is 14.4. The first-order valence-corrected chi connectivity index (χ1v) is 16.9. The van der Waals surface area contributed by atoms with Crippen molar-refractivity contribution in [3.63, 3.8) is 0 Å². The number of halogens is 3. The first kappa shape index (κ1) is 37.1. The molecule has 14 heteroatoms. The Hall–Kier alpha value is -3.38. The van der Waals surface area contributed by atoms with Gasteiger partial charge in [0.05, 0.1) is 42.0 Å². The Labute approximate surface area is 285 Å². The van der Waals surface area contributed by atoms with E-state index in [1.165, 1.54) is 62.6 Å². The summed E-state index contributed by atoms with van der Waals surface area (Å²) in [5.74, 6) is -0.238. The van der Waals surface area contributed by atoms with Crippen molar-refractivity contribution in [2.24, 2.45) is 5.92 Å². The van der Waals surface area contributed by atoms with Crippen LogP contribution in [0.3, 0.4) is 0 Å². The van der Waals surface area contributed by atoms with Gasteiger partial charge in [0.15, 0.2) is 11.5 Å². The minimum atomic E-state index is -4.48. The summed E-state index contributed by atoms with van der Waals surface area (Å²) in [5.41, 5.74) is 0.609. The SMILES string of the molecule is CCC(C(=O)NCC(C)C)N(Cc1ccc(Cl)c(Cl)c1)C(=O)CN(c1cc(Cl)ccc1OC)S(=O)(=O)c1ccc(OC)c(OC)c1. The number of anilines is 1. The van der Waals surface area contributed by atoms with Gasteiger partial charge in [0, 0.05) is 24.2 Å². The Kier molecular flexibility index (Phi) is 13.3. The van der Waals surface area contributed by atoms with Gasteiger partial charge in [-0.05, 0) is 60.4 Å². The zero-order valence-corrected chi connectivity index (χ0v) is 29.6. The van der Waals surface area contributed by atoms with E-state index in [4.69, 9.17) is 49.0 Å². The van der Waals surface area contributed by atoms with Gasteiger partial charge in [-0.3, -0.25) is 13.9 Å². The molecule has 1 atom stereocenters. The third kappa shape index (κ3) is 8.90. The summed E-state index contributed by atoms with van der Waals surface area (Å²) >= 11 is 18.7. The molecule has 0 fully saturated rings. The predicted molar refractivity (Wildman–Crippen MR) is 181 cm³/mol. The topological polar surface area (TPSA) is 114 Å². The van der Waals surface area contributed by atoms with Gasteiger partial charge in [-0.1, -0.05) is 61.6 Å². The largest absolute Gasteiger partial charge is 0.495 e. The van der Waals surface area contributed by atoms with Gasteiger partial charge < -0.3 is 24.4 Å². The van der Waals surface area contributed by atoms with Crippen LogP contribution in [0, 0.1) is 5.92 Å². The Morgan fingerprint density at radius 1 is 0.848 bits per heavy atom. The number of nitrogens with zero attached hydrogens (tertiary/aromatic N) is 2. The van der Waals surface area contributed by atoms with E-state index < -0.39 is 28.5 Å². The van der Waals surface area contributed by atoms with Crippen molar-refractivity contribution in [3.05, 3.63) is 75.2 Å². The molecule has 0 aliphatic heterocycles. The zero-order chi connectivity index (χ0) is 34.2. The van der Waals surface area contributed by atoms with E-state index in [0.29, 0.717) is 22.9 Å². The van der Waals surface area contributed by atoms with Gasteiger partial charge in [0.25, 0.3) is 10.0 Å². The van der Waals surface area contributed by atoms with Crippen LogP contribution in [-0.2, 0) is 26.2 Å². The standard InChI is InChI=1S/C32H38Cl3N3O7S/c1-7-26(32(40)36-17-20(2)3)37(18-21-8-11-24(34)25(35)14-21)31(39)19-38(27-15-22(33)9-12-28(27)43-4)46(41,42)23-10-13-29(44-5)30(16-23)45-6/h8-16,20,26H,7,17-19H2,1-6H3,(H,36,40). The average Bonchev–Trinajstić information content (AvgIpc) is 3.03. The minimum Gasteiger partial charge on any atom is -0.495 e. The molecule has 250 valence electrons. The number of carbonyl (C=O) groups is 2. The van der Waals surface area contributed by atoms with Crippen LogP contribution < -0.4 is 23.8 Å². The van der Waals surface area contributed by atoms with Crippen molar-refractivity contribution >= 4 is 62.3 Å². The van der Waals surface area contributed by atoms with Crippen molar-refractivity contribution in [1.29, 1.82) is 0 Å². The third-order valence-corrected chi connectivity index (χ3v) is 9.77. The second-order valence-corrected chi connectivity index (χ2v) is 13.8. The number of benzene rings is 3. The molecule has 46 heavy (non-hydrogen) atoms. The molecule has 3 rings (SSSR count). The van der Waals surface area contributed by atoms with E-state index in [-0.39, 0.29) is 56.9 Å². The van der Waals surface area contributed by atoms with E-state index in [2.05, 4.69) is 5.32 Å². The quantitative estimate of drug-likeness (QED) is 0.193. The average molecular weight is 715 g/mol. The smallest absolute Gasteiger partial charge is 0.265 e. The molecule has 0 radical (unpaired) electrons. The normalized spacial score (nSPS) is 12.0. The van der Waals surface area contributed by atoms with Crippen molar-refractivity contribution < 1.29 is 32.2 Å². The fourth-order valence-electron chi connectivity index (χ4n) is 4.65. The molecule has 10 nitrogen and oxygen atoms in total. The van der Waals surface area contributed by atoms with E-state index in [9.17, 15) is 18.0 Å². The number of carbonyl (C=O) groups excluding carboxylic acids is 2. The Bertz CT molecular complexity index is 1650. The Balaban J connectivity index is 2.18. The van der Waals surface area contributed by atoms with Crippen molar-refractivity contribution in [1.82, 2.24) is 10.2 Å². The molecule has 3 aromatic carbocycles. The summed E-state index contributed by atoms with van der Waals surface area (Å²) < 4.78 is 45.8. The third-order valence-electron chi connectivity index (χ3n) is 7.04. The molecule has 0 saturated carbocycles. The summed E-state index contributed by atoms with van der Waals surface area (Å²) in [5, 5.41) is 3.69. The van der Waals surface area contributed by atoms with Crippen molar-refractivity contribution in [2.45, 2.75) is 44.7 Å². The maximum absolute atomic E-state index is 14.4. The molecule has 0 aromatic heterocycles. The van der Waals surface area contributed by atoms with Gasteiger partial charge in [0.1, 0.15) is 18.3 Å². The highest BCUT2D eigenvalue weighted by Crippen LogP contribution is 2.37. The number of hydrogen-bond acceptors (Lipinski definition) is 7. The van der Waals surface area contributed by atoms with Crippen LogP contribution >= 0.6 is 34.8 Å². The molecule has 2 amide bonds. The monoisotopic (exact) mass is 713 g/mol. The molecule has 0 spiro atoms. The number of sulfonamides is 1. The molecule has 0 saturated heterocycles. The lowest BCUT2D eigenvalue weighted by Gasteiger charge is -2.33. The van der Waals surface area contributed by atoms with Crippen molar-refractivity contribution in [2.75, 3.05) is 38.7 Å². The summed E-state index contributed by atoms with van der Waals surface area (Å²) in [7, 11) is -0.294. The van der Waals surface area contributed by atoms with Gasteiger partial charge in [-0.2, -0.15) is 0 Å². The molecular formula is C32H38Cl3N3O7S. The van der Waals surface area contributed by atoms with Crippen molar-refractivity contribution in [3.8, 4) is 17.2 Å². The highest BCUT2D eigenvalue weighted by atomic mass is 35.5. The number of ether oxygens (including phenoxy) is 3. The molecule has 0 aliphatic rings. The van der Waals surface area contributed by atoms with Crippen LogP contribution in [0.1, 0.15) is 32.8 Å². The minimum absolute atomic E-state index is 0.0185. The number of rotatable bonds is 15. The highest BCUT2D eigenvalue weighted by Gasteiger charge is 2.35. The van der Waals surface area contributed by atoms with Crippen LogP contribution in [0.2, 0.25) is 15.1 Å². The van der Waals surface area contributed by atoms with Gasteiger partial charge in [0.2, 0.25) is 11.8 Å². The predicted octanol–water partition coefficient (Wildman–Crippen LogP) is 6.45. The Morgan fingerprint density at radius 3 is 2.09 bits per heavy atom. The highest BCUT2D eigenvalue weighted by molar-refractivity contribution is 7.92. The lowest BCUT2D eigenvalue weighted by molar-refractivity contribution is -0.140. The maximum atomic E-state index is 14.4. The number of amides is 2. The van der Waals surface area contributed by atoms with E-state index in [0.717, 1.165) is 4.31 Å². The first-order chi connectivity index (χ1) is 21.8. The van der Waals surface area contributed by atoms with Crippen LogP contribution in [0.25, 0.3) is 0 Å². The summed E-state index contributed by atoms with van der Waals surface area (Å²) in [4.78, 5) is 29.0. The molecule has 1 N–H and O–H groups in total.